The molecule has 1 aliphatic carbocycles. The molecule has 0 saturated heterocycles. The molecule has 0 bridgehead atoms. The third-order valence-electron chi connectivity index (χ3n) is 3.38. The molecule has 1 saturated carbocycles. The number of hydrogen-bond acceptors (Lipinski definition) is 1. The van der Waals surface area contributed by atoms with Crippen LogP contribution in [0.1, 0.15) is 39.0 Å². The minimum atomic E-state index is -4.92. The first-order chi connectivity index (χ1) is 7.82. The van der Waals surface area contributed by atoms with Crippen molar-refractivity contribution in [2.24, 2.45) is 5.92 Å². The number of rotatable bonds is 3. The molecule has 17 heavy (non-hydrogen) atoms. The van der Waals surface area contributed by atoms with E-state index in [1.165, 1.54) is 13.0 Å². The van der Waals surface area contributed by atoms with Crippen LogP contribution in [0.25, 0.3) is 0 Å². The fourth-order valence-electron chi connectivity index (χ4n) is 2.50. The summed E-state index contributed by atoms with van der Waals surface area (Å²) < 4.78 is 52.0. The molecule has 1 aliphatic rings. The molecule has 100 valence electrons. The van der Waals surface area contributed by atoms with E-state index in [9.17, 15) is 22.7 Å². The second kappa shape index (κ2) is 5.38. The molecule has 0 aromatic heterocycles. The quantitative estimate of drug-likeness (QED) is 0.600. The average Bonchev–Trinajstić information content (AvgIpc) is 2.28. The van der Waals surface area contributed by atoms with Crippen molar-refractivity contribution < 1.29 is 22.7 Å². The van der Waals surface area contributed by atoms with Crippen LogP contribution in [0.2, 0.25) is 0 Å². The fraction of sp³-hybridized carbons (Fsp3) is 0.833. The van der Waals surface area contributed by atoms with E-state index < -0.39 is 23.9 Å². The van der Waals surface area contributed by atoms with Crippen LogP contribution in [-0.2, 0) is 0 Å². The van der Waals surface area contributed by atoms with Crippen LogP contribution in [0, 0.1) is 5.92 Å². The molecule has 0 radical (unpaired) electrons. The van der Waals surface area contributed by atoms with Gasteiger partial charge in [0.1, 0.15) is 0 Å². The first-order valence-corrected chi connectivity index (χ1v) is 5.90. The summed E-state index contributed by atoms with van der Waals surface area (Å²) in [5, 5.41) is 9.24. The summed E-state index contributed by atoms with van der Waals surface area (Å²) in [6.07, 6.45) is -2.60. The third kappa shape index (κ3) is 3.21. The summed E-state index contributed by atoms with van der Waals surface area (Å²) in [5.74, 6) is -0.746. The van der Waals surface area contributed by atoms with Gasteiger partial charge < -0.3 is 5.11 Å². The van der Waals surface area contributed by atoms with E-state index in [1.54, 1.807) is 0 Å². The Hall–Kier alpha value is -0.580. The van der Waals surface area contributed by atoms with Crippen molar-refractivity contribution in [3.8, 4) is 0 Å². The van der Waals surface area contributed by atoms with Crippen molar-refractivity contribution in [3.63, 3.8) is 0 Å². The van der Waals surface area contributed by atoms with Gasteiger partial charge in [-0.3, -0.25) is 0 Å². The van der Waals surface area contributed by atoms with Gasteiger partial charge in [-0.15, -0.1) is 0 Å². The van der Waals surface area contributed by atoms with Crippen molar-refractivity contribution in [1.29, 1.82) is 0 Å². The highest BCUT2D eigenvalue weighted by Gasteiger charge is 2.55. The van der Waals surface area contributed by atoms with Crippen LogP contribution >= 0.6 is 0 Å². The molecule has 0 spiro atoms. The fourth-order valence-corrected chi connectivity index (χ4v) is 2.50. The van der Waals surface area contributed by atoms with Crippen LogP contribution in [-0.4, -0.2) is 23.1 Å². The Morgan fingerprint density at radius 2 is 1.65 bits per heavy atom. The lowest BCUT2D eigenvalue weighted by Gasteiger charge is -2.38. The van der Waals surface area contributed by atoms with Gasteiger partial charge >= 0.3 is 6.18 Å². The van der Waals surface area contributed by atoms with Crippen LogP contribution in [0.4, 0.5) is 17.6 Å². The van der Waals surface area contributed by atoms with Crippen LogP contribution < -0.4 is 0 Å². The highest BCUT2D eigenvalue weighted by atomic mass is 19.4. The Bertz CT molecular complexity index is 268. The zero-order chi connectivity index (χ0) is 13.1. The number of halogens is 4. The van der Waals surface area contributed by atoms with Crippen molar-refractivity contribution in [2.45, 2.75) is 57.0 Å². The SMILES string of the molecule is C/C=C/C(F)(C1CCCCC1)C(O)C(F)(F)F. The normalized spacial score (nSPS) is 24.8. The van der Waals surface area contributed by atoms with Gasteiger partial charge in [0.25, 0.3) is 0 Å². The van der Waals surface area contributed by atoms with Crippen LogP contribution in [0.3, 0.4) is 0 Å². The second-order valence-corrected chi connectivity index (χ2v) is 4.61. The number of aliphatic hydroxyl groups excluding tert-OH is 1. The van der Waals surface area contributed by atoms with Gasteiger partial charge in [0.2, 0.25) is 0 Å². The summed E-state index contributed by atoms with van der Waals surface area (Å²) in [6, 6.07) is 0. The summed E-state index contributed by atoms with van der Waals surface area (Å²) >= 11 is 0. The first-order valence-electron chi connectivity index (χ1n) is 5.90. The molecular weight excluding hydrogens is 236 g/mol. The molecule has 5 heteroatoms. The van der Waals surface area contributed by atoms with E-state index >= 15 is 0 Å². The lowest BCUT2D eigenvalue weighted by Crippen LogP contribution is -2.51. The van der Waals surface area contributed by atoms with E-state index in [0.29, 0.717) is 12.8 Å². The third-order valence-corrected chi connectivity index (χ3v) is 3.38. The molecule has 1 rings (SSSR count). The maximum absolute atomic E-state index is 14.5. The van der Waals surface area contributed by atoms with E-state index in [-0.39, 0.29) is 0 Å². The van der Waals surface area contributed by atoms with Gasteiger partial charge in [0.05, 0.1) is 0 Å². The Kier molecular flexibility index (Phi) is 4.58. The second-order valence-electron chi connectivity index (χ2n) is 4.61. The van der Waals surface area contributed by atoms with E-state index in [1.807, 2.05) is 0 Å². The minimum Gasteiger partial charge on any atom is -0.381 e. The zero-order valence-electron chi connectivity index (χ0n) is 9.80. The van der Waals surface area contributed by atoms with E-state index in [4.69, 9.17) is 0 Å². The molecule has 0 amide bonds. The summed E-state index contributed by atoms with van der Waals surface area (Å²) in [4.78, 5) is 0. The Balaban J connectivity index is 2.95. The average molecular weight is 254 g/mol. The Morgan fingerprint density at radius 1 is 1.12 bits per heavy atom. The van der Waals surface area contributed by atoms with Crippen molar-refractivity contribution >= 4 is 0 Å². The molecule has 2 unspecified atom stereocenters. The summed E-state index contributed by atoms with van der Waals surface area (Å²) in [5.41, 5.74) is -2.69. The van der Waals surface area contributed by atoms with Crippen molar-refractivity contribution in [2.75, 3.05) is 0 Å². The maximum Gasteiger partial charge on any atom is 0.417 e. The molecule has 2 atom stereocenters. The molecule has 0 aromatic carbocycles. The standard InChI is InChI=1S/C12H18F4O/c1-2-8-11(13,10(17)12(14,15)16)9-6-4-3-5-7-9/h2,8-10,17H,3-7H2,1H3/b8-2+. The van der Waals surface area contributed by atoms with Gasteiger partial charge in [-0.05, 0) is 31.8 Å². The number of aliphatic hydroxyl groups is 1. The number of hydrogen-bond donors (Lipinski definition) is 1. The first kappa shape index (κ1) is 14.5. The topological polar surface area (TPSA) is 20.2 Å². The maximum atomic E-state index is 14.5. The predicted octanol–water partition coefficient (Wildman–Crippen LogP) is 3.77. The van der Waals surface area contributed by atoms with Crippen LogP contribution in [0.15, 0.2) is 12.2 Å². The van der Waals surface area contributed by atoms with Gasteiger partial charge in [-0.1, -0.05) is 25.3 Å². The lowest BCUT2D eigenvalue weighted by molar-refractivity contribution is -0.242. The smallest absolute Gasteiger partial charge is 0.381 e. The monoisotopic (exact) mass is 254 g/mol. The number of alkyl halides is 4. The highest BCUT2D eigenvalue weighted by molar-refractivity contribution is 5.10. The molecule has 1 nitrogen and oxygen atoms in total. The van der Waals surface area contributed by atoms with E-state index in [0.717, 1.165) is 25.3 Å². The molecule has 1 fully saturated rings. The molecule has 0 aromatic rings. The van der Waals surface area contributed by atoms with Gasteiger partial charge in [-0.25, -0.2) is 4.39 Å². The van der Waals surface area contributed by atoms with Crippen LogP contribution in [0.5, 0.6) is 0 Å². The van der Waals surface area contributed by atoms with E-state index in [2.05, 4.69) is 0 Å². The molecule has 0 aliphatic heterocycles. The Labute approximate surface area is 98.5 Å². The van der Waals surface area contributed by atoms with Gasteiger partial charge in [0, 0.05) is 0 Å². The Morgan fingerprint density at radius 3 is 2.06 bits per heavy atom. The largest absolute Gasteiger partial charge is 0.417 e. The van der Waals surface area contributed by atoms with Gasteiger partial charge in [-0.2, -0.15) is 13.2 Å². The predicted molar refractivity (Wildman–Crippen MR) is 57.3 cm³/mol. The molecule has 1 N–H and O–H groups in total. The van der Waals surface area contributed by atoms with Gasteiger partial charge in [0.15, 0.2) is 11.8 Å². The molecule has 0 heterocycles. The highest BCUT2D eigenvalue weighted by Crippen LogP contribution is 2.43. The lowest BCUT2D eigenvalue weighted by atomic mass is 9.75. The van der Waals surface area contributed by atoms with Crippen molar-refractivity contribution in [1.82, 2.24) is 0 Å². The number of allylic oxidation sites excluding steroid dienone is 1. The zero-order valence-corrected chi connectivity index (χ0v) is 9.80. The minimum absolute atomic E-state index is 0.397. The summed E-state index contributed by atoms with van der Waals surface area (Å²) in [7, 11) is 0. The molecular formula is C12H18F4O. The van der Waals surface area contributed by atoms with Crippen molar-refractivity contribution in [3.05, 3.63) is 12.2 Å². The summed E-state index contributed by atoms with van der Waals surface area (Å²) in [6.45, 7) is 1.46.